The number of nitrogens with zero attached hydrogens (tertiary/aromatic N) is 3. The summed E-state index contributed by atoms with van der Waals surface area (Å²) in [6.45, 7) is 0. The summed E-state index contributed by atoms with van der Waals surface area (Å²) in [5.41, 5.74) is 7.49. The molecule has 1 aliphatic rings. The molecule has 0 atom stereocenters. The maximum absolute atomic E-state index is 5.82. The number of nitrogens with two attached hydrogens (primary N) is 1. The summed E-state index contributed by atoms with van der Waals surface area (Å²) in [4.78, 5) is 11.1. The monoisotopic (exact) mass is 256 g/mol. The van der Waals surface area contributed by atoms with E-state index in [0.29, 0.717) is 6.04 Å². The molecule has 1 fully saturated rings. The standard InChI is InChI=1S/C15H20N4/c1-19(12-5-3-2-4-6-12)15-13-8-7-11(16)9-14(13)17-10-18-15/h7-10,12H,2-6,16H2,1H3. The van der Waals surface area contributed by atoms with Crippen molar-refractivity contribution in [2.24, 2.45) is 0 Å². The second-order valence-electron chi connectivity index (χ2n) is 5.38. The number of fused-ring (bicyclic) bond motifs is 1. The first kappa shape index (κ1) is 12.2. The molecular formula is C15H20N4. The van der Waals surface area contributed by atoms with Gasteiger partial charge in [-0.25, -0.2) is 9.97 Å². The van der Waals surface area contributed by atoms with Crippen LogP contribution in [0.2, 0.25) is 0 Å². The Morgan fingerprint density at radius 3 is 2.74 bits per heavy atom. The fourth-order valence-corrected chi connectivity index (χ4v) is 2.98. The number of rotatable bonds is 2. The van der Waals surface area contributed by atoms with Crippen LogP contribution in [0.3, 0.4) is 0 Å². The van der Waals surface area contributed by atoms with Crippen molar-refractivity contribution in [2.45, 2.75) is 38.1 Å². The first-order valence-electron chi connectivity index (χ1n) is 6.99. The van der Waals surface area contributed by atoms with E-state index in [-0.39, 0.29) is 0 Å². The molecule has 2 aromatic rings. The van der Waals surface area contributed by atoms with Crippen LogP contribution < -0.4 is 10.6 Å². The molecule has 0 spiro atoms. The average Bonchev–Trinajstić information content (AvgIpc) is 2.46. The molecule has 1 heterocycles. The summed E-state index contributed by atoms with van der Waals surface area (Å²) in [7, 11) is 2.15. The lowest BCUT2D eigenvalue weighted by Crippen LogP contribution is -2.34. The highest BCUT2D eigenvalue weighted by Gasteiger charge is 2.20. The molecule has 0 radical (unpaired) electrons. The van der Waals surface area contributed by atoms with Crippen LogP contribution in [0.25, 0.3) is 10.9 Å². The number of hydrogen-bond acceptors (Lipinski definition) is 4. The van der Waals surface area contributed by atoms with E-state index in [4.69, 9.17) is 5.73 Å². The van der Waals surface area contributed by atoms with E-state index in [9.17, 15) is 0 Å². The largest absolute Gasteiger partial charge is 0.399 e. The van der Waals surface area contributed by atoms with Gasteiger partial charge in [-0.15, -0.1) is 0 Å². The highest BCUT2D eigenvalue weighted by molar-refractivity contribution is 5.91. The molecule has 3 rings (SSSR count). The molecule has 19 heavy (non-hydrogen) atoms. The topological polar surface area (TPSA) is 55.0 Å². The third kappa shape index (κ3) is 2.35. The van der Waals surface area contributed by atoms with Gasteiger partial charge in [-0.3, -0.25) is 0 Å². The molecule has 0 saturated heterocycles. The van der Waals surface area contributed by atoms with Crippen molar-refractivity contribution in [1.82, 2.24) is 9.97 Å². The first-order valence-corrected chi connectivity index (χ1v) is 6.99. The number of benzene rings is 1. The minimum atomic E-state index is 0.601. The van der Waals surface area contributed by atoms with E-state index in [1.54, 1.807) is 6.33 Å². The Labute approximate surface area is 113 Å². The van der Waals surface area contributed by atoms with Crippen LogP contribution >= 0.6 is 0 Å². The lowest BCUT2D eigenvalue weighted by Gasteiger charge is -2.32. The Balaban J connectivity index is 1.99. The molecule has 1 aromatic heterocycles. The van der Waals surface area contributed by atoms with Crippen LogP contribution in [0.5, 0.6) is 0 Å². The third-order valence-corrected chi connectivity index (χ3v) is 4.10. The van der Waals surface area contributed by atoms with E-state index in [1.165, 1.54) is 32.1 Å². The van der Waals surface area contributed by atoms with E-state index < -0.39 is 0 Å². The molecule has 4 nitrogen and oxygen atoms in total. The minimum absolute atomic E-state index is 0.601. The molecule has 0 bridgehead atoms. The van der Waals surface area contributed by atoms with Crippen LogP contribution in [0, 0.1) is 0 Å². The van der Waals surface area contributed by atoms with Gasteiger partial charge in [-0.1, -0.05) is 19.3 Å². The maximum atomic E-state index is 5.82. The average molecular weight is 256 g/mol. The smallest absolute Gasteiger partial charge is 0.139 e. The number of hydrogen-bond donors (Lipinski definition) is 1. The van der Waals surface area contributed by atoms with Crippen LogP contribution in [0.15, 0.2) is 24.5 Å². The van der Waals surface area contributed by atoms with E-state index >= 15 is 0 Å². The van der Waals surface area contributed by atoms with Crippen molar-refractivity contribution in [3.8, 4) is 0 Å². The van der Waals surface area contributed by atoms with Gasteiger partial charge >= 0.3 is 0 Å². The van der Waals surface area contributed by atoms with Gasteiger partial charge in [0.05, 0.1) is 5.52 Å². The molecule has 100 valence electrons. The summed E-state index contributed by atoms with van der Waals surface area (Å²) in [6.07, 6.45) is 8.17. The molecule has 0 aliphatic heterocycles. The summed E-state index contributed by atoms with van der Waals surface area (Å²) in [5.74, 6) is 1.02. The quantitative estimate of drug-likeness (QED) is 0.839. The van der Waals surface area contributed by atoms with E-state index in [1.807, 2.05) is 18.2 Å². The lowest BCUT2D eigenvalue weighted by atomic mass is 9.94. The van der Waals surface area contributed by atoms with Crippen molar-refractivity contribution in [3.63, 3.8) is 0 Å². The van der Waals surface area contributed by atoms with Gasteiger partial charge in [0, 0.05) is 24.2 Å². The zero-order valence-corrected chi connectivity index (χ0v) is 11.3. The predicted molar refractivity (Wildman–Crippen MR) is 79.2 cm³/mol. The minimum Gasteiger partial charge on any atom is -0.399 e. The highest BCUT2D eigenvalue weighted by atomic mass is 15.2. The molecule has 1 saturated carbocycles. The lowest BCUT2D eigenvalue weighted by molar-refractivity contribution is 0.426. The van der Waals surface area contributed by atoms with Gasteiger partial charge in [0.1, 0.15) is 12.1 Å². The van der Waals surface area contributed by atoms with Crippen molar-refractivity contribution in [3.05, 3.63) is 24.5 Å². The number of aromatic nitrogens is 2. The van der Waals surface area contributed by atoms with Crippen molar-refractivity contribution in [1.29, 1.82) is 0 Å². The van der Waals surface area contributed by atoms with E-state index in [0.717, 1.165) is 22.4 Å². The van der Waals surface area contributed by atoms with Gasteiger partial charge in [0.2, 0.25) is 0 Å². The normalized spacial score (nSPS) is 16.7. The third-order valence-electron chi connectivity index (χ3n) is 4.10. The molecule has 0 unspecified atom stereocenters. The first-order chi connectivity index (χ1) is 9.25. The fourth-order valence-electron chi connectivity index (χ4n) is 2.98. The number of nitrogen functional groups attached to an aromatic ring is 1. The Bertz CT molecular complexity index is 575. The Morgan fingerprint density at radius 2 is 1.95 bits per heavy atom. The Kier molecular flexibility index (Phi) is 3.23. The summed E-state index contributed by atoms with van der Waals surface area (Å²) >= 11 is 0. The van der Waals surface area contributed by atoms with E-state index in [2.05, 4.69) is 21.9 Å². The molecule has 1 aliphatic carbocycles. The van der Waals surface area contributed by atoms with Gasteiger partial charge < -0.3 is 10.6 Å². The second-order valence-corrected chi connectivity index (χ2v) is 5.38. The molecular weight excluding hydrogens is 236 g/mol. The van der Waals surface area contributed by atoms with Crippen LogP contribution in [-0.2, 0) is 0 Å². The maximum Gasteiger partial charge on any atom is 0.139 e. The summed E-state index contributed by atoms with van der Waals surface area (Å²) in [5, 5.41) is 1.09. The number of anilines is 2. The van der Waals surface area contributed by atoms with Gasteiger partial charge in [0.25, 0.3) is 0 Å². The van der Waals surface area contributed by atoms with Crippen molar-refractivity contribution in [2.75, 3.05) is 17.7 Å². The Hall–Kier alpha value is -1.84. The van der Waals surface area contributed by atoms with Crippen molar-refractivity contribution < 1.29 is 0 Å². The molecule has 4 heteroatoms. The van der Waals surface area contributed by atoms with Gasteiger partial charge in [0.15, 0.2) is 0 Å². The zero-order valence-electron chi connectivity index (χ0n) is 11.3. The SMILES string of the molecule is CN(c1ncnc2cc(N)ccc12)C1CCCCC1. The fraction of sp³-hybridized carbons (Fsp3) is 0.467. The molecule has 2 N–H and O–H groups in total. The van der Waals surface area contributed by atoms with Crippen LogP contribution in [-0.4, -0.2) is 23.1 Å². The van der Waals surface area contributed by atoms with Crippen LogP contribution in [0.4, 0.5) is 11.5 Å². The zero-order chi connectivity index (χ0) is 13.2. The van der Waals surface area contributed by atoms with Gasteiger partial charge in [-0.05, 0) is 31.0 Å². The summed E-state index contributed by atoms with van der Waals surface area (Å²) in [6, 6.07) is 6.46. The molecule has 0 amide bonds. The highest BCUT2D eigenvalue weighted by Crippen LogP contribution is 2.29. The second kappa shape index (κ2) is 5.03. The summed E-state index contributed by atoms with van der Waals surface area (Å²) < 4.78 is 0. The molecule has 1 aromatic carbocycles. The predicted octanol–water partition coefficient (Wildman–Crippen LogP) is 2.98. The van der Waals surface area contributed by atoms with Crippen LogP contribution in [0.1, 0.15) is 32.1 Å². The Morgan fingerprint density at radius 1 is 1.16 bits per heavy atom. The van der Waals surface area contributed by atoms with Gasteiger partial charge in [-0.2, -0.15) is 0 Å². The van der Waals surface area contributed by atoms with Crippen molar-refractivity contribution >= 4 is 22.4 Å².